The van der Waals surface area contributed by atoms with Crippen LogP contribution >= 0.6 is 0 Å². The Morgan fingerprint density at radius 1 is 1.56 bits per heavy atom. The van der Waals surface area contributed by atoms with Gasteiger partial charge in [-0.25, -0.2) is 4.39 Å². The molecule has 0 aromatic heterocycles. The predicted molar refractivity (Wildman–Crippen MR) is 57.5 cm³/mol. The summed E-state index contributed by atoms with van der Waals surface area (Å²) in [5, 5.41) is 0. The van der Waals surface area contributed by atoms with Crippen molar-refractivity contribution < 1.29 is 13.9 Å². The number of rotatable bonds is 2. The zero-order chi connectivity index (χ0) is 11.7. The summed E-state index contributed by atoms with van der Waals surface area (Å²) in [4.78, 5) is 13.2. The Kier molecular flexibility index (Phi) is 2.68. The number of benzene rings is 1. The smallest absolute Gasteiger partial charge is 0.263 e. The third-order valence-corrected chi connectivity index (χ3v) is 2.62. The van der Waals surface area contributed by atoms with E-state index in [0.717, 1.165) is 0 Å². The molecular formula is C11H13FN2O2. The molecule has 0 spiro atoms. The van der Waals surface area contributed by atoms with Crippen LogP contribution in [0.15, 0.2) is 18.2 Å². The second-order valence-corrected chi connectivity index (χ2v) is 3.84. The van der Waals surface area contributed by atoms with E-state index >= 15 is 0 Å². The molecule has 4 nitrogen and oxygen atoms in total. The van der Waals surface area contributed by atoms with Crippen molar-refractivity contribution in [2.45, 2.75) is 12.5 Å². The van der Waals surface area contributed by atoms with Gasteiger partial charge in [0.25, 0.3) is 5.91 Å². The number of hydrogen-bond donors (Lipinski definition) is 1. The van der Waals surface area contributed by atoms with E-state index in [-0.39, 0.29) is 11.7 Å². The van der Waals surface area contributed by atoms with Crippen LogP contribution in [-0.2, 0) is 4.79 Å². The quantitative estimate of drug-likeness (QED) is 0.763. The molecule has 0 bridgehead atoms. The van der Waals surface area contributed by atoms with Crippen molar-refractivity contribution >= 4 is 11.6 Å². The van der Waals surface area contributed by atoms with Crippen molar-refractivity contribution in [1.29, 1.82) is 0 Å². The molecule has 1 aromatic carbocycles. The van der Waals surface area contributed by atoms with Gasteiger partial charge in [0.15, 0.2) is 6.10 Å². The maximum Gasteiger partial charge on any atom is 0.263 e. The molecule has 2 rings (SSSR count). The first-order valence-electron chi connectivity index (χ1n) is 5.04. The fourth-order valence-corrected chi connectivity index (χ4v) is 1.66. The molecule has 16 heavy (non-hydrogen) atoms. The van der Waals surface area contributed by atoms with Crippen molar-refractivity contribution in [2.75, 3.05) is 19.3 Å². The van der Waals surface area contributed by atoms with Crippen LogP contribution in [0.25, 0.3) is 0 Å². The van der Waals surface area contributed by atoms with Gasteiger partial charge in [-0.3, -0.25) is 4.79 Å². The van der Waals surface area contributed by atoms with E-state index in [0.29, 0.717) is 18.7 Å². The number of carbonyl (C=O) groups excluding carboxylic acids is 1. The van der Waals surface area contributed by atoms with Crippen LogP contribution in [0.4, 0.5) is 10.1 Å². The van der Waals surface area contributed by atoms with E-state index in [9.17, 15) is 9.18 Å². The number of nitrogens with zero attached hydrogens (tertiary/aromatic N) is 1. The molecule has 0 saturated carbocycles. The molecule has 1 amide bonds. The number of halogens is 1. The summed E-state index contributed by atoms with van der Waals surface area (Å²) in [7, 11) is 1.71. The van der Waals surface area contributed by atoms with Crippen LogP contribution in [0, 0.1) is 5.82 Å². The zero-order valence-corrected chi connectivity index (χ0v) is 8.94. The molecular weight excluding hydrogens is 211 g/mol. The lowest BCUT2D eigenvalue weighted by Gasteiger charge is -2.14. The number of hydrogen-bond acceptors (Lipinski definition) is 3. The van der Waals surface area contributed by atoms with Gasteiger partial charge in [-0.2, -0.15) is 0 Å². The van der Waals surface area contributed by atoms with Gasteiger partial charge < -0.3 is 15.4 Å². The molecule has 1 atom stereocenters. The highest BCUT2D eigenvalue weighted by molar-refractivity contribution is 5.83. The molecule has 1 aliphatic heterocycles. The second-order valence-electron chi connectivity index (χ2n) is 3.84. The van der Waals surface area contributed by atoms with Crippen molar-refractivity contribution in [3.8, 4) is 5.75 Å². The van der Waals surface area contributed by atoms with Gasteiger partial charge in [0.1, 0.15) is 11.6 Å². The molecule has 86 valence electrons. The minimum absolute atomic E-state index is 0.0938. The Morgan fingerprint density at radius 2 is 2.31 bits per heavy atom. The standard InChI is InChI=1S/C11H13FN2O2/c1-14-5-4-9(11(14)15)16-10-6-7(12)2-3-8(10)13/h2-3,6,9H,4-5,13H2,1H3. The number of nitrogens with two attached hydrogens (primary N) is 1. The maximum atomic E-state index is 13.0. The van der Waals surface area contributed by atoms with Gasteiger partial charge in [0, 0.05) is 26.1 Å². The fraction of sp³-hybridized carbons (Fsp3) is 0.364. The van der Waals surface area contributed by atoms with Crippen LogP contribution in [-0.4, -0.2) is 30.5 Å². The Balaban J connectivity index is 2.15. The highest BCUT2D eigenvalue weighted by Crippen LogP contribution is 2.25. The number of ether oxygens (including phenoxy) is 1. The number of carbonyl (C=O) groups is 1. The molecule has 1 aliphatic rings. The molecule has 1 heterocycles. The van der Waals surface area contributed by atoms with Crippen LogP contribution in [0.3, 0.4) is 0 Å². The van der Waals surface area contributed by atoms with E-state index in [2.05, 4.69) is 0 Å². The lowest BCUT2D eigenvalue weighted by molar-refractivity contribution is -0.132. The van der Waals surface area contributed by atoms with Gasteiger partial charge in [-0.05, 0) is 12.1 Å². The number of likely N-dealkylation sites (tertiary alicyclic amines) is 1. The SMILES string of the molecule is CN1CCC(Oc2cc(F)ccc2N)C1=O. The van der Waals surface area contributed by atoms with E-state index in [4.69, 9.17) is 10.5 Å². The summed E-state index contributed by atoms with van der Waals surface area (Å²) in [5.41, 5.74) is 5.97. The number of likely N-dealkylation sites (N-methyl/N-ethyl adjacent to an activating group) is 1. The summed E-state index contributed by atoms with van der Waals surface area (Å²) in [6.07, 6.45) is 0.0553. The third-order valence-electron chi connectivity index (χ3n) is 2.62. The van der Waals surface area contributed by atoms with Gasteiger partial charge in [0.05, 0.1) is 5.69 Å². The monoisotopic (exact) mass is 224 g/mol. The Hall–Kier alpha value is -1.78. The highest BCUT2D eigenvalue weighted by atomic mass is 19.1. The van der Waals surface area contributed by atoms with Gasteiger partial charge >= 0.3 is 0 Å². The summed E-state index contributed by atoms with van der Waals surface area (Å²) in [6, 6.07) is 3.87. The average molecular weight is 224 g/mol. The van der Waals surface area contributed by atoms with Gasteiger partial charge in [-0.1, -0.05) is 0 Å². The first kappa shape index (κ1) is 10.7. The molecule has 2 N–H and O–H groups in total. The molecule has 1 saturated heterocycles. The van der Waals surface area contributed by atoms with Crippen LogP contribution in [0.1, 0.15) is 6.42 Å². The summed E-state index contributed by atoms with van der Waals surface area (Å²) >= 11 is 0. The molecule has 1 aromatic rings. The summed E-state index contributed by atoms with van der Waals surface area (Å²) < 4.78 is 18.4. The van der Waals surface area contributed by atoms with Gasteiger partial charge in [0.2, 0.25) is 0 Å². The van der Waals surface area contributed by atoms with E-state index in [1.165, 1.54) is 18.2 Å². The van der Waals surface area contributed by atoms with Crippen LogP contribution in [0.5, 0.6) is 5.75 Å². The Labute approximate surface area is 92.8 Å². The summed E-state index contributed by atoms with van der Waals surface area (Å²) in [6.45, 7) is 0.652. The predicted octanol–water partition coefficient (Wildman–Crippen LogP) is 1.02. The van der Waals surface area contributed by atoms with Crippen LogP contribution < -0.4 is 10.5 Å². The molecule has 5 heteroatoms. The van der Waals surface area contributed by atoms with E-state index in [1.807, 2.05) is 0 Å². The average Bonchev–Trinajstić information content (AvgIpc) is 2.55. The second kappa shape index (κ2) is 4.00. The normalized spacial score (nSPS) is 20.2. The number of anilines is 1. The minimum atomic E-state index is -0.547. The zero-order valence-electron chi connectivity index (χ0n) is 8.94. The molecule has 0 radical (unpaired) electrons. The lowest BCUT2D eigenvalue weighted by atomic mass is 10.2. The first-order chi connectivity index (χ1) is 7.58. The molecule has 1 fully saturated rings. The third kappa shape index (κ3) is 1.93. The maximum absolute atomic E-state index is 13.0. The van der Waals surface area contributed by atoms with Crippen molar-refractivity contribution in [3.05, 3.63) is 24.0 Å². The van der Waals surface area contributed by atoms with Crippen molar-refractivity contribution in [3.63, 3.8) is 0 Å². The van der Waals surface area contributed by atoms with Crippen molar-refractivity contribution in [2.24, 2.45) is 0 Å². The fourth-order valence-electron chi connectivity index (χ4n) is 1.66. The van der Waals surface area contributed by atoms with Crippen molar-refractivity contribution in [1.82, 2.24) is 4.90 Å². The molecule has 0 aliphatic carbocycles. The lowest BCUT2D eigenvalue weighted by Crippen LogP contribution is -2.29. The highest BCUT2D eigenvalue weighted by Gasteiger charge is 2.31. The number of nitrogen functional groups attached to an aromatic ring is 1. The van der Waals surface area contributed by atoms with E-state index < -0.39 is 11.9 Å². The summed E-state index contributed by atoms with van der Waals surface area (Å²) in [5.74, 6) is -0.291. The first-order valence-corrected chi connectivity index (χ1v) is 5.04. The number of amides is 1. The van der Waals surface area contributed by atoms with E-state index in [1.54, 1.807) is 11.9 Å². The van der Waals surface area contributed by atoms with Gasteiger partial charge in [-0.15, -0.1) is 0 Å². The van der Waals surface area contributed by atoms with Crippen LogP contribution in [0.2, 0.25) is 0 Å². The minimum Gasteiger partial charge on any atom is -0.478 e. The molecule has 1 unspecified atom stereocenters. The Bertz CT molecular complexity index is 422. The largest absolute Gasteiger partial charge is 0.478 e. The topological polar surface area (TPSA) is 55.6 Å². The Morgan fingerprint density at radius 3 is 2.94 bits per heavy atom.